The third kappa shape index (κ3) is 3.86. The summed E-state index contributed by atoms with van der Waals surface area (Å²) in [5.74, 6) is 1.96. The summed E-state index contributed by atoms with van der Waals surface area (Å²) in [5.41, 5.74) is 1.10. The monoisotopic (exact) mass is 470 g/mol. The van der Waals surface area contributed by atoms with Gasteiger partial charge in [0.05, 0.1) is 31.8 Å². The predicted octanol–water partition coefficient (Wildman–Crippen LogP) is 3.58. The standard InChI is InChI=1S/C26H22N4O5/c1-16-20(28-24(35-16)17-11-12-21(33-2)22(14-17)34-3)15-29-25(31)19-10-7-13-27-23(19)30(26(29)32)18-8-5-4-6-9-18/h4-14H,15H2,1-3H3. The van der Waals surface area contributed by atoms with Gasteiger partial charge in [0.2, 0.25) is 5.89 Å². The number of oxazole rings is 1. The Hall–Kier alpha value is -4.66. The van der Waals surface area contributed by atoms with E-state index in [1.165, 1.54) is 4.57 Å². The summed E-state index contributed by atoms with van der Waals surface area (Å²) in [6, 6.07) is 17.7. The third-order valence-corrected chi connectivity index (χ3v) is 5.74. The molecule has 35 heavy (non-hydrogen) atoms. The lowest BCUT2D eigenvalue weighted by atomic mass is 10.2. The van der Waals surface area contributed by atoms with Crippen LogP contribution in [0.15, 0.2) is 80.9 Å². The molecule has 3 aromatic heterocycles. The summed E-state index contributed by atoms with van der Waals surface area (Å²) in [6.07, 6.45) is 1.56. The van der Waals surface area contributed by atoms with E-state index in [1.54, 1.807) is 69.8 Å². The molecular weight excluding hydrogens is 448 g/mol. The zero-order valence-corrected chi connectivity index (χ0v) is 19.4. The minimum atomic E-state index is -0.512. The van der Waals surface area contributed by atoms with Crippen LogP contribution in [0.1, 0.15) is 11.5 Å². The number of fused-ring (bicyclic) bond motifs is 1. The van der Waals surface area contributed by atoms with Crippen LogP contribution in [-0.2, 0) is 6.54 Å². The number of rotatable bonds is 6. The van der Waals surface area contributed by atoms with Crippen LogP contribution in [0.5, 0.6) is 11.5 Å². The van der Waals surface area contributed by atoms with E-state index in [9.17, 15) is 9.59 Å². The Morgan fingerprint density at radius 3 is 2.46 bits per heavy atom. The van der Waals surface area contributed by atoms with Crippen LogP contribution in [0.2, 0.25) is 0 Å². The van der Waals surface area contributed by atoms with Crippen molar-refractivity contribution < 1.29 is 13.9 Å². The molecule has 0 N–H and O–H groups in total. The minimum Gasteiger partial charge on any atom is -0.493 e. The van der Waals surface area contributed by atoms with Gasteiger partial charge in [-0.05, 0) is 49.4 Å². The molecule has 0 saturated heterocycles. The molecule has 3 heterocycles. The molecule has 176 valence electrons. The molecule has 0 atom stereocenters. The highest BCUT2D eigenvalue weighted by Crippen LogP contribution is 2.32. The van der Waals surface area contributed by atoms with Crippen LogP contribution in [0.3, 0.4) is 0 Å². The Bertz CT molecular complexity index is 1650. The fourth-order valence-electron chi connectivity index (χ4n) is 3.95. The van der Waals surface area contributed by atoms with Gasteiger partial charge in [0.1, 0.15) is 11.5 Å². The van der Waals surface area contributed by atoms with E-state index in [0.29, 0.717) is 51.1 Å². The van der Waals surface area contributed by atoms with Gasteiger partial charge in [0.25, 0.3) is 5.56 Å². The Kier molecular flexibility index (Phi) is 5.66. The van der Waals surface area contributed by atoms with Crippen LogP contribution < -0.4 is 20.7 Å². The highest BCUT2D eigenvalue weighted by Gasteiger charge is 2.19. The predicted molar refractivity (Wildman–Crippen MR) is 130 cm³/mol. The van der Waals surface area contributed by atoms with Gasteiger partial charge in [0.15, 0.2) is 17.1 Å². The molecule has 0 unspecified atom stereocenters. The maximum Gasteiger partial charge on any atom is 0.337 e. The minimum absolute atomic E-state index is 0.0576. The lowest BCUT2D eigenvalue weighted by Gasteiger charge is -2.12. The molecule has 9 nitrogen and oxygen atoms in total. The molecule has 0 bridgehead atoms. The number of ether oxygens (including phenoxy) is 2. The van der Waals surface area contributed by atoms with Gasteiger partial charge in [-0.2, -0.15) is 0 Å². The largest absolute Gasteiger partial charge is 0.493 e. The number of benzene rings is 2. The van der Waals surface area contributed by atoms with Crippen molar-refractivity contribution in [3.05, 3.63) is 99.2 Å². The van der Waals surface area contributed by atoms with Crippen LogP contribution >= 0.6 is 0 Å². The quantitative estimate of drug-likeness (QED) is 0.374. The summed E-state index contributed by atoms with van der Waals surface area (Å²) in [7, 11) is 3.11. The fourth-order valence-corrected chi connectivity index (χ4v) is 3.95. The number of pyridine rings is 1. The Balaban J connectivity index is 1.63. The molecule has 0 aliphatic carbocycles. The molecule has 0 fully saturated rings. The number of nitrogens with zero attached hydrogens (tertiary/aromatic N) is 4. The average Bonchev–Trinajstić information content (AvgIpc) is 3.26. The Morgan fingerprint density at radius 1 is 0.943 bits per heavy atom. The lowest BCUT2D eigenvalue weighted by molar-refractivity contribution is 0.355. The molecule has 5 rings (SSSR count). The van der Waals surface area contributed by atoms with Gasteiger partial charge < -0.3 is 13.9 Å². The van der Waals surface area contributed by atoms with Crippen molar-refractivity contribution in [2.45, 2.75) is 13.5 Å². The molecule has 0 aliphatic rings. The topological polar surface area (TPSA) is 101 Å². The molecule has 0 radical (unpaired) electrons. The second-order valence-corrected chi connectivity index (χ2v) is 7.81. The lowest BCUT2D eigenvalue weighted by Crippen LogP contribution is -2.40. The first-order valence-corrected chi connectivity index (χ1v) is 10.9. The molecule has 0 saturated carbocycles. The SMILES string of the molecule is COc1ccc(-c2nc(Cn3c(=O)c4cccnc4n(-c4ccccc4)c3=O)c(C)o2)cc1OC. The Morgan fingerprint density at radius 2 is 1.71 bits per heavy atom. The van der Waals surface area contributed by atoms with Gasteiger partial charge in [-0.3, -0.25) is 9.36 Å². The first-order chi connectivity index (χ1) is 17.0. The van der Waals surface area contributed by atoms with Gasteiger partial charge in [-0.25, -0.2) is 19.3 Å². The summed E-state index contributed by atoms with van der Waals surface area (Å²) >= 11 is 0. The van der Waals surface area contributed by atoms with E-state index in [4.69, 9.17) is 13.9 Å². The van der Waals surface area contributed by atoms with Crippen molar-refractivity contribution in [1.82, 2.24) is 19.1 Å². The van der Waals surface area contributed by atoms with E-state index in [0.717, 1.165) is 4.57 Å². The molecular formula is C26H22N4O5. The van der Waals surface area contributed by atoms with E-state index >= 15 is 0 Å². The summed E-state index contributed by atoms with van der Waals surface area (Å²) in [6.45, 7) is 1.69. The first-order valence-electron chi connectivity index (χ1n) is 10.9. The number of hydrogen-bond donors (Lipinski definition) is 0. The summed E-state index contributed by atoms with van der Waals surface area (Å²) in [5, 5.41) is 0.331. The number of aryl methyl sites for hydroxylation is 1. The maximum atomic E-state index is 13.5. The number of para-hydroxylation sites is 1. The van der Waals surface area contributed by atoms with Crippen molar-refractivity contribution in [3.63, 3.8) is 0 Å². The van der Waals surface area contributed by atoms with Crippen LogP contribution in [-0.4, -0.2) is 33.3 Å². The molecule has 2 aromatic carbocycles. The van der Waals surface area contributed by atoms with Crippen LogP contribution in [0, 0.1) is 6.92 Å². The highest BCUT2D eigenvalue weighted by atomic mass is 16.5. The van der Waals surface area contributed by atoms with E-state index < -0.39 is 11.2 Å². The average molecular weight is 470 g/mol. The summed E-state index contributed by atoms with van der Waals surface area (Å²) in [4.78, 5) is 35.7. The molecule has 5 aromatic rings. The maximum absolute atomic E-state index is 13.5. The molecule has 9 heteroatoms. The van der Waals surface area contributed by atoms with Crippen molar-refractivity contribution in [2.24, 2.45) is 0 Å². The smallest absolute Gasteiger partial charge is 0.337 e. The van der Waals surface area contributed by atoms with Crippen molar-refractivity contribution >= 4 is 11.0 Å². The second kappa shape index (κ2) is 8.94. The number of methoxy groups -OCH3 is 2. The highest BCUT2D eigenvalue weighted by molar-refractivity contribution is 5.75. The van der Waals surface area contributed by atoms with E-state index in [1.807, 2.05) is 18.2 Å². The van der Waals surface area contributed by atoms with Crippen molar-refractivity contribution in [1.29, 1.82) is 0 Å². The number of aromatic nitrogens is 4. The zero-order chi connectivity index (χ0) is 24.5. The molecule has 0 amide bonds. The van der Waals surface area contributed by atoms with Crippen LogP contribution in [0.25, 0.3) is 28.2 Å². The van der Waals surface area contributed by atoms with Gasteiger partial charge in [-0.1, -0.05) is 18.2 Å². The van der Waals surface area contributed by atoms with E-state index in [-0.39, 0.29) is 6.54 Å². The first kappa shape index (κ1) is 22.1. The molecule has 0 spiro atoms. The molecule has 0 aliphatic heterocycles. The second-order valence-electron chi connectivity index (χ2n) is 7.81. The number of hydrogen-bond acceptors (Lipinski definition) is 7. The third-order valence-electron chi connectivity index (χ3n) is 5.74. The van der Waals surface area contributed by atoms with Gasteiger partial charge in [-0.15, -0.1) is 0 Å². The van der Waals surface area contributed by atoms with Crippen molar-refractivity contribution in [2.75, 3.05) is 14.2 Å². The normalized spacial score (nSPS) is 11.1. The van der Waals surface area contributed by atoms with Crippen LogP contribution in [0.4, 0.5) is 0 Å². The van der Waals surface area contributed by atoms with Gasteiger partial charge in [0, 0.05) is 11.8 Å². The van der Waals surface area contributed by atoms with Gasteiger partial charge >= 0.3 is 5.69 Å². The van der Waals surface area contributed by atoms with E-state index in [2.05, 4.69) is 9.97 Å². The Labute approximate surface area is 199 Å². The summed E-state index contributed by atoms with van der Waals surface area (Å²) < 4.78 is 19.1. The van der Waals surface area contributed by atoms with Crippen molar-refractivity contribution in [3.8, 4) is 28.6 Å². The fraction of sp³-hybridized carbons (Fsp3) is 0.154. The zero-order valence-electron chi connectivity index (χ0n) is 19.4.